The lowest BCUT2D eigenvalue weighted by Crippen LogP contribution is -2.40. The van der Waals surface area contributed by atoms with Crippen molar-refractivity contribution in [2.45, 2.75) is 37.6 Å². The average Bonchev–Trinajstić information content (AvgIpc) is 2.86. The first-order chi connectivity index (χ1) is 9.41. The highest BCUT2D eigenvalue weighted by Gasteiger charge is 2.37. The highest BCUT2D eigenvalue weighted by atomic mass is 32.2. The highest BCUT2D eigenvalue weighted by molar-refractivity contribution is 7.89. The minimum Gasteiger partial charge on any atom is -0.495 e. The first-order valence-electron chi connectivity index (χ1n) is 6.79. The molecule has 112 valence electrons. The van der Waals surface area contributed by atoms with E-state index in [1.165, 1.54) is 11.4 Å². The van der Waals surface area contributed by atoms with Crippen molar-refractivity contribution in [2.24, 2.45) is 5.73 Å². The number of nitrogens with two attached hydrogens (primary N) is 1. The molecule has 0 aromatic heterocycles. The lowest BCUT2D eigenvalue weighted by Gasteiger charge is -2.25. The zero-order valence-electron chi connectivity index (χ0n) is 12.2. The van der Waals surface area contributed by atoms with Crippen LogP contribution in [0.1, 0.15) is 24.0 Å². The highest BCUT2D eigenvalue weighted by Crippen LogP contribution is 2.34. The fraction of sp³-hybridized carbons (Fsp3) is 0.571. The normalized spacial score (nSPS) is 20.3. The third-order valence-corrected chi connectivity index (χ3v) is 5.90. The summed E-state index contributed by atoms with van der Waals surface area (Å²) >= 11 is 0. The number of ether oxygens (including phenoxy) is 1. The standard InChI is InChI=1S/C14H22N2O3S/c1-10-7-11(2)14(13(8-10)19-3)20(17,18)16-6-4-5-12(16)9-15/h7-8,12H,4-6,9,15H2,1-3H3. The van der Waals surface area contributed by atoms with E-state index in [9.17, 15) is 8.42 Å². The molecular formula is C14H22N2O3S. The number of methoxy groups -OCH3 is 1. The monoisotopic (exact) mass is 298 g/mol. The molecule has 5 nitrogen and oxygen atoms in total. The SMILES string of the molecule is COc1cc(C)cc(C)c1S(=O)(=O)N1CCCC1CN. The van der Waals surface area contributed by atoms with Gasteiger partial charge in [-0.15, -0.1) is 0 Å². The van der Waals surface area contributed by atoms with Crippen LogP contribution in [0.3, 0.4) is 0 Å². The van der Waals surface area contributed by atoms with Crippen molar-refractivity contribution in [2.75, 3.05) is 20.2 Å². The Labute approximate surface area is 120 Å². The van der Waals surface area contributed by atoms with Crippen LogP contribution in [0.5, 0.6) is 5.75 Å². The summed E-state index contributed by atoms with van der Waals surface area (Å²) in [5, 5.41) is 0. The van der Waals surface area contributed by atoms with E-state index in [4.69, 9.17) is 10.5 Å². The number of nitrogens with zero attached hydrogens (tertiary/aromatic N) is 1. The van der Waals surface area contributed by atoms with Crippen molar-refractivity contribution >= 4 is 10.0 Å². The molecule has 0 aliphatic carbocycles. The summed E-state index contributed by atoms with van der Waals surface area (Å²) in [7, 11) is -2.06. The van der Waals surface area contributed by atoms with Gasteiger partial charge in [0.25, 0.3) is 0 Å². The molecule has 0 spiro atoms. The summed E-state index contributed by atoms with van der Waals surface area (Å²) < 4.78 is 32.6. The Kier molecular flexibility index (Phi) is 4.36. The molecule has 1 fully saturated rings. The van der Waals surface area contributed by atoms with Gasteiger partial charge in [0.2, 0.25) is 10.0 Å². The minimum absolute atomic E-state index is 0.106. The van der Waals surface area contributed by atoms with Crippen LogP contribution in [-0.4, -0.2) is 39.0 Å². The number of hydrogen-bond donors (Lipinski definition) is 1. The molecule has 0 bridgehead atoms. The van der Waals surface area contributed by atoms with Crippen molar-refractivity contribution in [1.82, 2.24) is 4.31 Å². The molecule has 0 radical (unpaired) electrons. The maximum atomic E-state index is 12.9. The van der Waals surface area contributed by atoms with Gasteiger partial charge >= 0.3 is 0 Å². The van der Waals surface area contributed by atoms with Crippen LogP contribution in [0, 0.1) is 13.8 Å². The molecule has 1 aromatic rings. The summed E-state index contributed by atoms with van der Waals surface area (Å²) in [5.41, 5.74) is 7.39. The zero-order valence-corrected chi connectivity index (χ0v) is 13.0. The van der Waals surface area contributed by atoms with Crippen molar-refractivity contribution in [3.63, 3.8) is 0 Å². The fourth-order valence-electron chi connectivity index (χ4n) is 2.88. The Balaban J connectivity index is 2.55. The van der Waals surface area contributed by atoms with E-state index in [2.05, 4.69) is 0 Å². The lowest BCUT2D eigenvalue weighted by atomic mass is 10.1. The maximum Gasteiger partial charge on any atom is 0.247 e. The van der Waals surface area contributed by atoms with Crippen LogP contribution in [0.2, 0.25) is 0 Å². The van der Waals surface area contributed by atoms with E-state index >= 15 is 0 Å². The molecule has 1 aromatic carbocycles. The number of rotatable bonds is 4. The van der Waals surface area contributed by atoms with E-state index < -0.39 is 10.0 Å². The molecule has 1 heterocycles. The predicted molar refractivity (Wildman–Crippen MR) is 78.4 cm³/mol. The summed E-state index contributed by atoms with van der Waals surface area (Å²) in [6.45, 7) is 4.60. The molecule has 1 atom stereocenters. The largest absolute Gasteiger partial charge is 0.495 e. The molecular weight excluding hydrogens is 276 g/mol. The first-order valence-corrected chi connectivity index (χ1v) is 8.23. The van der Waals surface area contributed by atoms with E-state index in [0.29, 0.717) is 24.4 Å². The summed E-state index contributed by atoms with van der Waals surface area (Å²) in [6, 6.07) is 3.52. The van der Waals surface area contributed by atoms with Gasteiger partial charge in [0.1, 0.15) is 10.6 Å². The van der Waals surface area contributed by atoms with Gasteiger partial charge in [-0.2, -0.15) is 4.31 Å². The maximum absolute atomic E-state index is 12.9. The summed E-state index contributed by atoms with van der Waals surface area (Å²) in [4.78, 5) is 0.269. The number of hydrogen-bond acceptors (Lipinski definition) is 4. The number of aryl methyl sites for hydroxylation is 2. The predicted octanol–water partition coefficient (Wildman–Crippen LogP) is 1.42. The Bertz CT molecular complexity index is 599. The van der Waals surface area contributed by atoms with Crippen LogP contribution in [0.15, 0.2) is 17.0 Å². The van der Waals surface area contributed by atoms with E-state index in [1.54, 1.807) is 13.0 Å². The van der Waals surface area contributed by atoms with Gasteiger partial charge in [-0.3, -0.25) is 0 Å². The molecule has 0 saturated carbocycles. The molecule has 1 saturated heterocycles. The molecule has 0 amide bonds. The smallest absolute Gasteiger partial charge is 0.247 e. The lowest BCUT2D eigenvalue weighted by molar-refractivity contribution is 0.378. The summed E-state index contributed by atoms with van der Waals surface area (Å²) in [6.07, 6.45) is 1.68. The van der Waals surface area contributed by atoms with Gasteiger partial charge in [0.15, 0.2) is 0 Å². The Morgan fingerprint density at radius 3 is 2.70 bits per heavy atom. The van der Waals surface area contributed by atoms with Crippen LogP contribution in [0.4, 0.5) is 0 Å². The van der Waals surface area contributed by atoms with Gasteiger partial charge < -0.3 is 10.5 Å². The van der Waals surface area contributed by atoms with Gasteiger partial charge in [-0.25, -0.2) is 8.42 Å². The quantitative estimate of drug-likeness (QED) is 0.912. The number of sulfonamides is 1. The fourth-order valence-corrected chi connectivity index (χ4v) is 4.93. The van der Waals surface area contributed by atoms with E-state index in [1.807, 2.05) is 13.0 Å². The zero-order chi connectivity index (χ0) is 14.9. The molecule has 1 unspecified atom stereocenters. The van der Waals surface area contributed by atoms with Gasteiger partial charge in [-0.1, -0.05) is 6.07 Å². The average molecular weight is 298 g/mol. The molecule has 2 rings (SSSR count). The Hall–Kier alpha value is -1.11. The summed E-state index contributed by atoms with van der Waals surface area (Å²) in [5.74, 6) is 0.408. The molecule has 20 heavy (non-hydrogen) atoms. The number of benzene rings is 1. The molecule has 2 N–H and O–H groups in total. The van der Waals surface area contributed by atoms with Crippen molar-refractivity contribution < 1.29 is 13.2 Å². The third kappa shape index (κ3) is 2.55. The molecule has 1 aliphatic rings. The first kappa shape index (κ1) is 15.3. The second-order valence-corrected chi connectivity index (χ2v) is 7.09. The van der Waals surface area contributed by atoms with E-state index in [0.717, 1.165) is 18.4 Å². The van der Waals surface area contributed by atoms with Gasteiger partial charge in [-0.05, 0) is 43.9 Å². The van der Waals surface area contributed by atoms with Crippen molar-refractivity contribution in [3.05, 3.63) is 23.3 Å². The molecule has 6 heteroatoms. The van der Waals surface area contributed by atoms with Crippen LogP contribution in [-0.2, 0) is 10.0 Å². The Morgan fingerprint density at radius 1 is 1.40 bits per heavy atom. The van der Waals surface area contributed by atoms with Crippen LogP contribution < -0.4 is 10.5 Å². The van der Waals surface area contributed by atoms with Crippen LogP contribution >= 0.6 is 0 Å². The molecule has 1 aliphatic heterocycles. The topological polar surface area (TPSA) is 72.6 Å². The van der Waals surface area contributed by atoms with Crippen molar-refractivity contribution in [3.8, 4) is 5.75 Å². The van der Waals surface area contributed by atoms with E-state index in [-0.39, 0.29) is 10.9 Å². The second-order valence-electron chi connectivity index (χ2n) is 5.26. The van der Waals surface area contributed by atoms with Crippen molar-refractivity contribution in [1.29, 1.82) is 0 Å². The van der Waals surface area contributed by atoms with Gasteiger partial charge in [0, 0.05) is 19.1 Å². The minimum atomic E-state index is -3.56. The Morgan fingerprint density at radius 2 is 2.10 bits per heavy atom. The second kappa shape index (κ2) is 5.71. The third-order valence-electron chi connectivity index (χ3n) is 3.77. The van der Waals surface area contributed by atoms with Crippen LogP contribution in [0.25, 0.3) is 0 Å². The van der Waals surface area contributed by atoms with Gasteiger partial charge in [0.05, 0.1) is 7.11 Å².